The summed E-state index contributed by atoms with van der Waals surface area (Å²) >= 11 is 9.38. The van der Waals surface area contributed by atoms with Gasteiger partial charge in [-0.15, -0.1) is 0 Å². The number of hydrogen-bond donors (Lipinski definition) is 1. The predicted octanol–water partition coefficient (Wildman–Crippen LogP) is 5.31. The minimum Gasteiger partial charge on any atom is -0.453 e. The van der Waals surface area contributed by atoms with Crippen molar-refractivity contribution in [1.29, 1.82) is 0 Å². The van der Waals surface area contributed by atoms with E-state index in [9.17, 15) is 4.39 Å². The standard InChI is InChI=1S/C15H14BrClFNO/c1-9(19-2)10-3-5-14(12(17)7-10)20-15-6-4-11(16)8-13(15)18/h3-9,19H,1-2H3. The van der Waals surface area contributed by atoms with Crippen LogP contribution in [0.5, 0.6) is 11.5 Å². The number of nitrogens with one attached hydrogen (secondary N) is 1. The third kappa shape index (κ3) is 3.51. The van der Waals surface area contributed by atoms with Gasteiger partial charge in [-0.25, -0.2) is 4.39 Å². The Balaban J connectivity index is 2.25. The maximum atomic E-state index is 13.7. The Labute approximate surface area is 131 Å². The van der Waals surface area contributed by atoms with E-state index in [1.807, 2.05) is 26.1 Å². The van der Waals surface area contributed by atoms with Gasteiger partial charge in [-0.05, 0) is 49.9 Å². The molecular formula is C15H14BrClFNO. The van der Waals surface area contributed by atoms with Crippen molar-refractivity contribution in [2.75, 3.05) is 7.05 Å². The first-order valence-electron chi connectivity index (χ1n) is 6.11. The molecule has 5 heteroatoms. The molecule has 0 amide bonds. The van der Waals surface area contributed by atoms with Crippen molar-refractivity contribution in [2.45, 2.75) is 13.0 Å². The van der Waals surface area contributed by atoms with Gasteiger partial charge < -0.3 is 10.1 Å². The zero-order valence-corrected chi connectivity index (χ0v) is 13.4. The van der Waals surface area contributed by atoms with Gasteiger partial charge in [0, 0.05) is 10.5 Å². The van der Waals surface area contributed by atoms with Crippen LogP contribution in [-0.2, 0) is 0 Å². The zero-order chi connectivity index (χ0) is 14.7. The van der Waals surface area contributed by atoms with Crippen molar-refractivity contribution < 1.29 is 9.13 Å². The fourth-order valence-corrected chi connectivity index (χ4v) is 2.27. The average Bonchev–Trinajstić information content (AvgIpc) is 2.42. The number of ether oxygens (including phenoxy) is 1. The van der Waals surface area contributed by atoms with Crippen molar-refractivity contribution in [1.82, 2.24) is 5.32 Å². The van der Waals surface area contributed by atoms with Crippen LogP contribution in [0.1, 0.15) is 18.5 Å². The lowest BCUT2D eigenvalue weighted by Crippen LogP contribution is -2.12. The Morgan fingerprint density at radius 3 is 2.50 bits per heavy atom. The maximum absolute atomic E-state index is 13.7. The summed E-state index contributed by atoms with van der Waals surface area (Å²) in [6.45, 7) is 2.03. The summed E-state index contributed by atoms with van der Waals surface area (Å²) < 4.78 is 19.9. The smallest absolute Gasteiger partial charge is 0.166 e. The van der Waals surface area contributed by atoms with E-state index < -0.39 is 5.82 Å². The van der Waals surface area contributed by atoms with E-state index in [4.69, 9.17) is 16.3 Å². The van der Waals surface area contributed by atoms with Gasteiger partial charge in [0.2, 0.25) is 0 Å². The maximum Gasteiger partial charge on any atom is 0.166 e. The van der Waals surface area contributed by atoms with Gasteiger partial charge in [0.25, 0.3) is 0 Å². The minimum absolute atomic E-state index is 0.143. The molecule has 2 nitrogen and oxygen atoms in total. The monoisotopic (exact) mass is 357 g/mol. The first-order chi connectivity index (χ1) is 9.51. The molecule has 0 aliphatic rings. The number of halogens is 3. The summed E-state index contributed by atoms with van der Waals surface area (Å²) in [5.74, 6) is 0.132. The molecule has 0 fully saturated rings. The van der Waals surface area contributed by atoms with E-state index in [-0.39, 0.29) is 11.8 Å². The molecule has 1 N–H and O–H groups in total. The number of hydrogen-bond acceptors (Lipinski definition) is 2. The van der Waals surface area contributed by atoms with Crippen molar-refractivity contribution in [2.24, 2.45) is 0 Å². The second-order valence-electron chi connectivity index (χ2n) is 4.38. The highest BCUT2D eigenvalue weighted by atomic mass is 79.9. The van der Waals surface area contributed by atoms with E-state index in [2.05, 4.69) is 21.2 Å². The van der Waals surface area contributed by atoms with Crippen LogP contribution >= 0.6 is 27.5 Å². The van der Waals surface area contributed by atoms with Crippen LogP contribution < -0.4 is 10.1 Å². The molecule has 0 spiro atoms. The number of benzene rings is 2. The summed E-state index contributed by atoms with van der Waals surface area (Å²) in [4.78, 5) is 0. The molecule has 0 heterocycles. The SMILES string of the molecule is CNC(C)c1ccc(Oc2ccc(Br)cc2F)c(Cl)c1. The second kappa shape index (κ2) is 6.57. The lowest BCUT2D eigenvalue weighted by atomic mass is 10.1. The van der Waals surface area contributed by atoms with Gasteiger partial charge >= 0.3 is 0 Å². The molecule has 1 atom stereocenters. The van der Waals surface area contributed by atoms with Crippen LogP contribution in [0.4, 0.5) is 4.39 Å². The summed E-state index contributed by atoms with van der Waals surface area (Å²) in [6.07, 6.45) is 0. The van der Waals surface area contributed by atoms with Crippen LogP contribution in [0.2, 0.25) is 5.02 Å². The van der Waals surface area contributed by atoms with Gasteiger partial charge in [0.1, 0.15) is 5.75 Å². The van der Waals surface area contributed by atoms with Gasteiger partial charge in [-0.1, -0.05) is 33.6 Å². The van der Waals surface area contributed by atoms with E-state index in [1.54, 1.807) is 18.2 Å². The third-order valence-corrected chi connectivity index (χ3v) is 3.79. The molecule has 0 saturated carbocycles. The predicted molar refractivity (Wildman–Crippen MR) is 83.1 cm³/mol. The first kappa shape index (κ1) is 15.3. The highest BCUT2D eigenvalue weighted by Crippen LogP contribution is 2.33. The molecule has 106 valence electrons. The van der Waals surface area contributed by atoms with Crippen molar-refractivity contribution in [3.05, 3.63) is 57.3 Å². The lowest BCUT2D eigenvalue weighted by molar-refractivity contribution is 0.442. The molecule has 0 radical (unpaired) electrons. The zero-order valence-electron chi connectivity index (χ0n) is 11.1. The summed E-state index contributed by atoms with van der Waals surface area (Å²) in [7, 11) is 1.88. The van der Waals surface area contributed by atoms with Gasteiger partial charge in [-0.3, -0.25) is 0 Å². The van der Waals surface area contributed by atoms with Crippen LogP contribution in [-0.4, -0.2) is 7.05 Å². The van der Waals surface area contributed by atoms with Crippen molar-refractivity contribution in [3.8, 4) is 11.5 Å². The highest BCUT2D eigenvalue weighted by Gasteiger charge is 2.10. The summed E-state index contributed by atoms with van der Waals surface area (Å²) in [5.41, 5.74) is 1.04. The molecule has 1 unspecified atom stereocenters. The second-order valence-corrected chi connectivity index (χ2v) is 5.70. The Morgan fingerprint density at radius 1 is 1.20 bits per heavy atom. The van der Waals surface area contributed by atoms with E-state index in [0.29, 0.717) is 15.2 Å². The molecular weight excluding hydrogens is 345 g/mol. The van der Waals surface area contributed by atoms with Crippen LogP contribution in [0.15, 0.2) is 40.9 Å². The van der Waals surface area contributed by atoms with E-state index in [0.717, 1.165) is 5.56 Å². The molecule has 0 aliphatic heterocycles. The normalized spacial score (nSPS) is 12.2. The Morgan fingerprint density at radius 2 is 1.90 bits per heavy atom. The summed E-state index contributed by atoms with van der Waals surface area (Å²) in [5, 5.41) is 3.58. The Bertz CT molecular complexity index is 621. The molecule has 0 aliphatic carbocycles. The molecule has 0 aromatic heterocycles. The highest BCUT2D eigenvalue weighted by molar-refractivity contribution is 9.10. The average molecular weight is 359 g/mol. The van der Waals surface area contributed by atoms with Crippen molar-refractivity contribution in [3.63, 3.8) is 0 Å². The fraction of sp³-hybridized carbons (Fsp3) is 0.200. The lowest BCUT2D eigenvalue weighted by Gasteiger charge is -2.13. The first-order valence-corrected chi connectivity index (χ1v) is 7.28. The Hall–Kier alpha value is -1.10. The van der Waals surface area contributed by atoms with E-state index in [1.165, 1.54) is 6.07 Å². The van der Waals surface area contributed by atoms with Gasteiger partial charge in [-0.2, -0.15) is 0 Å². The van der Waals surface area contributed by atoms with Crippen molar-refractivity contribution >= 4 is 27.5 Å². The quantitative estimate of drug-likeness (QED) is 0.799. The minimum atomic E-state index is -0.442. The molecule has 2 rings (SSSR count). The molecule has 2 aromatic rings. The van der Waals surface area contributed by atoms with Gasteiger partial charge in [0.05, 0.1) is 5.02 Å². The summed E-state index contributed by atoms with van der Waals surface area (Å²) in [6, 6.07) is 10.3. The molecule has 0 bridgehead atoms. The Kier molecular flexibility index (Phi) is 5.02. The number of rotatable bonds is 4. The molecule has 20 heavy (non-hydrogen) atoms. The van der Waals surface area contributed by atoms with E-state index >= 15 is 0 Å². The van der Waals surface area contributed by atoms with Crippen LogP contribution in [0.25, 0.3) is 0 Å². The topological polar surface area (TPSA) is 21.3 Å². The largest absolute Gasteiger partial charge is 0.453 e. The van der Waals surface area contributed by atoms with Gasteiger partial charge in [0.15, 0.2) is 11.6 Å². The van der Waals surface area contributed by atoms with Crippen LogP contribution in [0.3, 0.4) is 0 Å². The third-order valence-electron chi connectivity index (χ3n) is 3.00. The fourth-order valence-electron chi connectivity index (χ4n) is 1.71. The van der Waals surface area contributed by atoms with Crippen LogP contribution in [0, 0.1) is 5.82 Å². The molecule has 0 saturated heterocycles. The molecule has 2 aromatic carbocycles.